The van der Waals surface area contributed by atoms with Gasteiger partial charge in [0.25, 0.3) is 0 Å². The van der Waals surface area contributed by atoms with Crippen molar-refractivity contribution in [1.82, 2.24) is 0 Å². The molecule has 13 heavy (non-hydrogen) atoms. The molecule has 1 rings (SSSR count). The Kier molecular flexibility index (Phi) is 3.30. The van der Waals surface area contributed by atoms with Gasteiger partial charge in [0.05, 0.1) is 0 Å². The molecule has 70 valence electrons. The largest absolute Gasteiger partial charge is 0.707 e. The van der Waals surface area contributed by atoms with Gasteiger partial charge in [-0.25, -0.2) is 0 Å². The summed E-state index contributed by atoms with van der Waals surface area (Å²) in [7, 11) is -1.79. The molecule has 0 unspecified atom stereocenters. The van der Waals surface area contributed by atoms with Crippen molar-refractivity contribution in [3.05, 3.63) is 29.3 Å². The van der Waals surface area contributed by atoms with Crippen molar-refractivity contribution in [3.63, 3.8) is 0 Å². The van der Waals surface area contributed by atoms with Crippen molar-refractivity contribution < 1.29 is 14.7 Å². The summed E-state index contributed by atoms with van der Waals surface area (Å²) in [5, 5.41) is 17.2. The predicted octanol–water partition coefficient (Wildman–Crippen LogP) is -0.198. The molecule has 4 N–H and O–H groups in total. The van der Waals surface area contributed by atoms with Gasteiger partial charge in [-0.3, -0.25) is 0 Å². The van der Waals surface area contributed by atoms with Gasteiger partial charge < -0.3 is 20.4 Å². The minimum atomic E-state index is -1.79. The lowest BCUT2D eigenvalue weighted by atomic mass is 10.1. The Hall–Kier alpha value is -1.04. The molecule has 1 aromatic carbocycles. The van der Waals surface area contributed by atoms with Crippen LogP contribution in [0.25, 0.3) is 0 Å². The molecule has 0 bridgehead atoms. The lowest BCUT2D eigenvalue weighted by molar-refractivity contribution is 0.287. The zero-order valence-corrected chi connectivity index (χ0v) is 7.40. The second-order valence-corrected chi connectivity index (χ2v) is 2.75. The molecule has 0 amide bonds. The molecular formula is C8H12BNO3. The standard InChI is InChI=1S/C8H12BNO3/c1-6-2-3-7(5-10)4-8(6)13-9(11)12/h2-4,11-12H,5,10H2,1H3. The van der Waals surface area contributed by atoms with Crippen LogP contribution in [0.1, 0.15) is 11.1 Å². The number of rotatable bonds is 3. The summed E-state index contributed by atoms with van der Waals surface area (Å²) in [5.74, 6) is 0.443. The van der Waals surface area contributed by atoms with Crippen LogP contribution in [0.3, 0.4) is 0 Å². The lowest BCUT2D eigenvalue weighted by Crippen LogP contribution is -2.21. The molecule has 0 fully saturated rings. The van der Waals surface area contributed by atoms with E-state index in [1.54, 1.807) is 6.07 Å². The van der Waals surface area contributed by atoms with E-state index in [1.807, 2.05) is 19.1 Å². The Morgan fingerprint density at radius 1 is 1.46 bits per heavy atom. The molecule has 4 nitrogen and oxygen atoms in total. The summed E-state index contributed by atoms with van der Waals surface area (Å²) in [6, 6.07) is 5.38. The maximum absolute atomic E-state index is 8.60. The maximum atomic E-state index is 8.60. The van der Waals surface area contributed by atoms with Crippen LogP contribution in [-0.2, 0) is 6.54 Å². The first kappa shape index (κ1) is 10.0. The average Bonchev–Trinajstić information content (AvgIpc) is 2.08. The number of hydrogen-bond donors (Lipinski definition) is 3. The molecule has 0 aliphatic carbocycles. The van der Waals surface area contributed by atoms with Crippen molar-refractivity contribution in [2.75, 3.05) is 0 Å². The second-order valence-electron chi connectivity index (χ2n) is 2.75. The van der Waals surface area contributed by atoms with E-state index in [0.717, 1.165) is 11.1 Å². The summed E-state index contributed by atoms with van der Waals surface area (Å²) in [4.78, 5) is 0. The molecule has 5 heteroatoms. The summed E-state index contributed by atoms with van der Waals surface area (Å²) in [6.45, 7) is 2.22. The molecule has 0 radical (unpaired) electrons. The van der Waals surface area contributed by atoms with Crippen LogP contribution in [0.15, 0.2) is 18.2 Å². The highest BCUT2D eigenvalue weighted by Gasteiger charge is 2.12. The van der Waals surface area contributed by atoms with E-state index in [4.69, 9.17) is 20.4 Å². The number of benzene rings is 1. The van der Waals surface area contributed by atoms with E-state index in [2.05, 4.69) is 0 Å². The van der Waals surface area contributed by atoms with Crippen LogP contribution in [0.5, 0.6) is 5.75 Å². The SMILES string of the molecule is Cc1ccc(CN)cc1OB(O)O. The summed E-state index contributed by atoms with van der Waals surface area (Å²) in [5.41, 5.74) is 7.15. The van der Waals surface area contributed by atoms with Gasteiger partial charge >= 0.3 is 7.32 Å². The molecule has 0 saturated carbocycles. The Labute approximate surface area is 77.1 Å². The normalized spacial score (nSPS) is 9.85. The summed E-state index contributed by atoms with van der Waals surface area (Å²) >= 11 is 0. The van der Waals surface area contributed by atoms with E-state index in [9.17, 15) is 0 Å². The lowest BCUT2D eigenvalue weighted by Gasteiger charge is -2.09. The Morgan fingerprint density at radius 2 is 2.15 bits per heavy atom. The van der Waals surface area contributed by atoms with E-state index >= 15 is 0 Å². The Bertz CT molecular complexity index is 291. The highest BCUT2D eigenvalue weighted by molar-refractivity contribution is 6.33. The average molecular weight is 181 g/mol. The van der Waals surface area contributed by atoms with Gasteiger partial charge in [-0.1, -0.05) is 12.1 Å². The minimum absolute atomic E-state index is 0.401. The highest BCUT2D eigenvalue weighted by atomic mass is 16.6. The fourth-order valence-electron chi connectivity index (χ4n) is 1.01. The second kappa shape index (κ2) is 4.27. The maximum Gasteiger partial charge on any atom is 0.707 e. The van der Waals surface area contributed by atoms with Crippen LogP contribution in [-0.4, -0.2) is 17.4 Å². The number of nitrogens with two attached hydrogens (primary N) is 1. The Balaban J connectivity index is 2.90. The van der Waals surface area contributed by atoms with Gasteiger partial charge in [-0.15, -0.1) is 0 Å². The highest BCUT2D eigenvalue weighted by Crippen LogP contribution is 2.19. The molecule has 0 heterocycles. The Morgan fingerprint density at radius 3 is 2.69 bits per heavy atom. The van der Waals surface area contributed by atoms with E-state index in [1.165, 1.54) is 0 Å². The van der Waals surface area contributed by atoms with Crippen molar-refractivity contribution in [1.29, 1.82) is 0 Å². The third-order valence-corrected chi connectivity index (χ3v) is 1.72. The third kappa shape index (κ3) is 2.73. The molecule has 1 aromatic rings. The third-order valence-electron chi connectivity index (χ3n) is 1.72. The van der Waals surface area contributed by atoms with Gasteiger partial charge in [0.1, 0.15) is 5.75 Å². The van der Waals surface area contributed by atoms with Crippen molar-refractivity contribution in [2.24, 2.45) is 5.73 Å². The first-order chi connectivity index (χ1) is 6.13. The zero-order valence-electron chi connectivity index (χ0n) is 7.40. The molecular weight excluding hydrogens is 169 g/mol. The topological polar surface area (TPSA) is 75.7 Å². The first-order valence-corrected chi connectivity index (χ1v) is 3.96. The van der Waals surface area contributed by atoms with Crippen molar-refractivity contribution in [2.45, 2.75) is 13.5 Å². The summed E-state index contributed by atoms with van der Waals surface area (Å²) < 4.78 is 4.74. The molecule has 0 spiro atoms. The fraction of sp³-hybridized carbons (Fsp3) is 0.250. The van der Waals surface area contributed by atoms with Gasteiger partial charge in [-0.2, -0.15) is 0 Å². The van der Waals surface area contributed by atoms with Gasteiger partial charge in [0, 0.05) is 6.54 Å². The van der Waals surface area contributed by atoms with Crippen LogP contribution in [0, 0.1) is 6.92 Å². The van der Waals surface area contributed by atoms with Crippen LogP contribution < -0.4 is 10.4 Å². The van der Waals surface area contributed by atoms with Crippen LogP contribution >= 0.6 is 0 Å². The van der Waals surface area contributed by atoms with E-state index < -0.39 is 7.32 Å². The molecule has 0 aliphatic rings. The monoisotopic (exact) mass is 181 g/mol. The molecule has 0 aliphatic heterocycles. The fourth-order valence-corrected chi connectivity index (χ4v) is 1.01. The van der Waals surface area contributed by atoms with Gasteiger partial charge in [-0.05, 0) is 24.1 Å². The first-order valence-electron chi connectivity index (χ1n) is 3.96. The molecule has 0 aromatic heterocycles. The summed E-state index contributed by atoms with van der Waals surface area (Å²) in [6.07, 6.45) is 0. The number of hydrogen-bond acceptors (Lipinski definition) is 4. The van der Waals surface area contributed by atoms with Crippen molar-refractivity contribution in [3.8, 4) is 5.75 Å². The smallest absolute Gasteiger partial charge is 0.512 e. The minimum Gasteiger partial charge on any atom is -0.512 e. The van der Waals surface area contributed by atoms with E-state index in [-0.39, 0.29) is 0 Å². The zero-order chi connectivity index (χ0) is 9.84. The predicted molar refractivity (Wildman–Crippen MR) is 49.9 cm³/mol. The van der Waals surface area contributed by atoms with Crippen molar-refractivity contribution >= 4 is 7.32 Å². The number of aryl methyl sites for hydroxylation is 1. The molecule has 0 saturated heterocycles. The quantitative estimate of drug-likeness (QED) is 0.564. The van der Waals surface area contributed by atoms with Gasteiger partial charge in [0.15, 0.2) is 0 Å². The van der Waals surface area contributed by atoms with Crippen LogP contribution in [0.2, 0.25) is 0 Å². The van der Waals surface area contributed by atoms with E-state index in [0.29, 0.717) is 12.3 Å². The van der Waals surface area contributed by atoms with Gasteiger partial charge in [0.2, 0.25) is 0 Å². The van der Waals surface area contributed by atoms with Crippen LogP contribution in [0.4, 0.5) is 0 Å². The molecule has 0 atom stereocenters.